The Labute approximate surface area is 168 Å². The van der Waals surface area contributed by atoms with Gasteiger partial charge in [0.15, 0.2) is 0 Å². The number of nitrogens with zero attached hydrogens (tertiary/aromatic N) is 3. The zero-order valence-corrected chi connectivity index (χ0v) is 16.7. The van der Waals surface area contributed by atoms with E-state index in [9.17, 15) is 4.79 Å². The van der Waals surface area contributed by atoms with Crippen molar-refractivity contribution in [2.75, 3.05) is 25.0 Å². The van der Waals surface area contributed by atoms with Crippen molar-refractivity contribution in [1.82, 2.24) is 14.9 Å². The minimum Gasteiger partial charge on any atom is -0.369 e. The molecule has 5 rings (SSSR count). The van der Waals surface area contributed by atoms with Crippen molar-refractivity contribution in [3.63, 3.8) is 0 Å². The van der Waals surface area contributed by atoms with Gasteiger partial charge in [-0.05, 0) is 55.7 Å². The zero-order chi connectivity index (χ0) is 18.9. The fourth-order valence-electron chi connectivity index (χ4n) is 4.41. The molecule has 144 valence electrons. The molecule has 2 aromatic heterocycles. The van der Waals surface area contributed by atoms with Gasteiger partial charge < -0.3 is 10.2 Å². The largest absolute Gasteiger partial charge is 0.369 e. The second-order valence-corrected chi connectivity index (χ2v) is 8.83. The second-order valence-electron chi connectivity index (χ2n) is 7.74. The normalized spacial score (nSPS) is 17.1. The van der Waals surface area contributed by atoms with Crippen LogP contribution in [-0.2, 0) is 12.8 Å². The summed E-state index contributed by atoms with van der Waals surface area (Å²) in [6.07, 6.45) is 7.32. The Kier molecular flexibility index (Phi) is 4.72. The third-order valence-corrected chi connectivity index (χ3v) is 7.18. The number of fused-ring (bicyclic) bond motifs is 3. The molecule has 2 aliphatic rings. The van der Waals surface area contributed by atoms with Gasteiger partial charge in [-0.2, -0.15) is 0 Å². The maximum Gasteiger partial charge on any atom is 0.253 e. The Morgan fingerprint density at radius 3 is 2.79 bits per heavy atom. The van der Waals surface area contributed by atoms with Gasteiger partial charge in [0, 0.05) is 30.1 Å². The molecule has 0 bridgehead atoms. The maximum atomic E-state index is 12.6. The smallest absolute Gasteiger partial charge is 0.253 e. The molecule has 0 saturated carbocycles. The molecule has 1 aliphatic heterocycles. The van der Waals surface area contributed by atoms with Crippen molar-refractivity contribution in [3.05, 3.63) is 52.7 Å². The van der Waals surface area contributed by atoms with Crippen LogP contribution in [0.5, 0.6) is 0 Å². The van der Waals surface area contributed by atoms with Crippen LogP contribution in [0.25, 0.3) is 10.2 Å². The van der Waals surface area contributed by atoms with Gasteiger partial charge in [0.05, 0.1) is 5.39 Å². The minimum absolute atomic E-state index is 0.151. The molecule has 1 amide bonds. The lowest BCUT2D eigenvalue weighted by molar-refractivity contribution is 0.0695. The van der Waals surface area contributed by atoms with Crippen LogP contribution in [-0.4, -0.2) is 40.4 Å². The van der Waals surface area contributed by atoms with Crippen LogP contribution in [0.2, 0.25) is 0 Å². The number of likely N-dealkylation sites (tertiary alicyclic amines) is 1. The number of hydrogen-bond acceptors (Lipinski definition) is 5. The van der Waals surface area contributed by atoms with E-state index >= 15 is 0 Å². The van der Waals surface area contributed by atoms with E-state index in [1.54, 1.807) is 6.33 Å². The molecule has 0 atom stereocenters. The Bertz CT molecular complexity index is 992. The van der Waals surface area contributed by atoms with Gasteiger partial charge in [-0.3, -0.25) is 4.79 Å². The molecule has 1 fully saturated rings. The van der Waals surface area contributed by atoms with Crippen LogP contribution in [0.4, 0.5) is 5.82 Å². The Morgan fingerprint density at radius 1 is 1.14 bits per heavy atom. The molecule has 6 heteroatoms. The van der Waals surface area contributed by atoms with Gasteiger partial charge >= 0.3 is 0 Å². The maximum absolute atomic E-state index is 12.6. The molecule has 5 nitrogen and oxygen atoms in total. The lowest BCUT2D eigenvalue weighted by Gasteiger charge is -2.32. The summed E-state index contributed by atoms with van der Waals surface area (Å²) in [6, 6.07) is 9.59. The summed E-state index contributed by atoms with van der Waals surface area (Å²) in [4.78, 5) is 26.2. The SMILES string of the molecule is O=C(c1ccccc1)N1CCC(CNc2ncnc3sc4c(c23)CCC4)CC1. The standard InChI is InChI=1S/C22H24N4OS/c27-22(16-5-2-1-3-6-16)26-11-9-15(10-12-26)13-23-20-19-17-7-4-8-18(17)28-21(19)25-14-24-20/h1-3,5-6,14-15H,4,7-13H2,(H,23,24,25). The minimum atomic E-state index is 0.151. The summed E-state index contributed by atoms with van der Waals surface area (Å²) in [5, 5.41) is 4.85. The first-order valence-corrected chi connectivity index (χ1v) is 10.9. The van der Waals surface area contributed by atoms with Crippen LogP contribution in [0.15, 0.2) is 36.7 Å². The average molecular weight is 393 g/mol. The predicted molar refractivity (Wildman–Crippen MR) is 113 cm³/mol. The number of nitrogens with one attached hydrogen (secondary N) is 1. The van der Waals surface area contributed by atoms with Crippen molar-refractivity contribution >= 4 is 33.3 Å². The summed E-state index contributed by atoms with van der Waals surface area (Å²) >= 11 is 1.83. The third-order valence-electron chi connectivity index (χ3n) is 5.98. The van der Waals surface area contributed by atoms with Crippen molar-refractivity contribution in [2.45, 2.75) is 32.1 Å². The highest BCUT2D eigenvalue weighted by molar-refractivity contribution is 7.19. The van der Waals surface area contributed by atoms with Gasteiger partial charge in [-0.1, -0.05) is 18.2 Å². The Balaban J connectivity index is 1.21. The van der Waals surface area contributed by atoms with E-state index < -0.39 is 0 Å². The van der Waals surface area contributed by atoms with E-state index in [0.29, 0.717) is 5.92 Å². The van der Waals surface area contributed by atoms with Crippen LogP contribution >= 0.6 is 11.3 Å². The van der Waals surface area contributed by atoms with E-state index in [1.807, 2.05) is 46.6 Å². The van der Waals surface area contributed by atoms with E-state index in [2.05, 4.69) is 15.3 Å². The van der Waals surface area contributed by atoms with Crippen molar-refractivity contribution < 1.29 is 4.79 Å². The van der Waals surface area contributed by atoms with Gasteiger partial charge in [0.1, 0.15) is 17.0 Å². The summed E-state index contributed by atoms with van der Waals surface area (Å²) in [6.45, 7) is 2.56. The molecule has 1 saturated heterocycles. The fourth-order valence-corrected chi connectivity index (χ4v) is 5.64. The third kappa shape index (κ3) is 3.26. The van der Waals surface area contributed by atoms with E-state index in [-0.39, 0.29) is 5.91 Å². The molecule has 28 heavy (non-hydrogen) atoms. The summed E-state index contributed by atoms with van der Waals surface area (Å²) < 4.78 is 0. The number of hydrogen-bond donors (Lipinski definition) is 1. The molecule has 1 aromatic carbocycles. The van der Waals surface area contributed by atoms with Crippen molar-refractivity contribution in [2.24, 2.45) is 5.92 Å². The van der Waals surface area contributed by atoms with Crippen molar-refractivity contribution in [3.8, 4) is 0 Å². The highest BCUT2D eigenvalue weighted by Gasteiger charge is 2.25. The lowest BCUT2D eigenvalue weighted by Crippen LogP contribution is -2.39. The zero-order valence-electron chi connectivity index (χ0n) is 15.9. The average Bonchev–Trinajstić information content (AvgIpc) is 3.34. The molecule has 3 aromatic rings. The van der Waals surface area contributed by atoms with Gasteiger partial charge in [0.2, 0.25) is 0 Å². The number of rotatable bonds is 4. The number of thiophene rings is 1. The van der Waals surface area contributed by atoms with Crippen LogP contribution in [0.3, 0.4) is 0 Å². The molecule has 0 unspecified atom stereocenters. The molecule has 0 spiro atoms. The molecule has 1 N–H and O–H groups in total. The van der Waals surface area contributed by atoms with Crippen LogP contribution < -0.4 is 5.32 Å². The number of aromatic nitrogens is 2. The molecule has 0 radical (unpaired) electrons. The number of amides is 1. The van der Waals surface area contributed by atoms with Gasteiger partial charge in [-0.25, -0.2) is 9.97 Å². The Hall–Kier alpha value is -2.47. The lowest BCUT2D eigenvalue weighted by atomic mass is 9.96. The van der Waals surface area contributed by atoms with E-state index in [0.717, 1.165) is 55.1 Å². The van der Waals surface area contributed by atoms with Crippen molar-refractivity contribution in [1.29, 1.82) is 0 Å². The quantitative estimate of drug-likeness (QED) is 0.725. The first-order chi connectivity index (χ1) is 13.8. The number of carbonyl (C=O) groups is 1. The topological polar surface area (TPSA) is 58.1 Å². The van der Waals surface area contributed by atoms with Gasteiger partial charge in [-0.15, -0.1) is 11.3 Å². The number of piperidine rings is 1. The Morgan fingerprint density at radius 2 is 1.96 bits per heavy atom. The molecule has 3 heterocycles. The number of aryl methyl sites for hydroxylation is 2. The first kappa shape index (κ1) is 17.6. The number of carbonyl (C=O) groups excluding carboxylic acids is 1. The molecular weight excluding hydrogens is 368 g/mol. The van der Waals surface area contributed by atoms with Crippen LogP contribution in [0.1, 0.15) is 40.1 Å². The number of anilines is 1. The predicted octanol–water partition coefficient (Wildman–Crippen LogP) is 4.14. The molecule has 1 aliphatic carbocycles. The number of benzene rings is 1. The fraction of sp³-hybridized carbons (Fsp3) is 0.409. The highest BCUT2D eigenvalue weighted by Crippen LogP contribution is 2.39. The van der Waals surface area contributed by atoms with E-state index in [4.69, 9.17) is 0 Å². The van der Waals surface area contributed by atoms with Gasteiger partial charge in [0.25, 0.3) is 5.91 Å². The van der Waals surface area contributed by atoms with E-state index in [1.165, 1.54) is 28.7 Å². The highest BCUT2D eigenvalue weighted by atomic mass is 32.1. The monoisotopic (exact) mass is 392 g/mol. The molecular formula is C22H24N4OS. The second kappa shape index (κ2) is 7.51. The summed E-state index contributed by atoms with van der Waals surface area (Å²) in [5.74, 6) is 1.71. The summed E-state index contributed by atoms with van der Waals surface area (Å²) in [7, 11) is 0. The van der Waals surface area contributed by atoms with Crippen LogP contribution in [0, 0.1) is 5.92 Å². The summed E-state index contributed by atoms with van der Waals surface area (Å²) in [5.41, 5.74) is 2.25. The first-order valence-electron chi connectivity index (χ1n) is 10.1.